The van der Waals surface area contributed by atoms with Crippen LogP contribution in [-0.2, 0) is 6.42 Å². The zero-order valence-electron chi connectivity index (χ0n) is 11.8. The first-order chi connectivity index (χ1) is 9.31. The van der Waals surface area contributed by atoms with Crippen LogP contribution in [0.4, 0.5) is 0 Å². The Morgan fingerprint density at radius 2 is 2.21 bits per heavy atom. The lowest BCUT2D eigenvalue weighted by Crippen LogP contribution is -2.26. The highest BCUT2D eigenvalue weighted by Gasteiger charge is 2.19. The van der Waals surface area contributed by atoms with E-state index in [-0.39, 0.29) is 0 Å². The summed E-state index contributed by atoms with van der Waals surface area (Å²) in [6, 6.07) is 6.27. The van der Waals surface area contributed by atoms with Gasteiger partial charge >= 0.3 is 0 Å². The van der Waals surface area contributed by atoms with Gasteiger partial charge in [0.1, 0.15) is 5.75 Å². The van der Waals surface area contributed by atoms with Gasteiger partial charge in [-0.15, -0.1) is 0 Å². The number of aryl methyl sites for hydroxylation is 1. The molecule has 0 aromatic heterocycles. The van der Waals surface area contributed by atoms with Gasteiger partial charge in [0.2, 0.25) is 0 Å². The number of fused-ring (bicyclic) bond motifs is 1. The van der Waals surface area contributed by atoms with E-state index in [1.165, 1.54) is 49.0 Å². The fraction of sp³-hybridized carbons (Fsp3) is 0.625. The summed E-state index contributed by atoms with van der Waals surface area (Å²) in [6.45, 7) is 1.09. The topological polar surface area (TPSA) is 32.3 Å². The molecule has 3 heteroatoms. The Morgan fingerprint density at radius 3 is 3.05 bits per heavy atom. The minimum atomic E-state index is 0.396. The second-order valence-corrected chi connectivity index (χ2v) is 6.32. The van der Waals surface area contributed by atoms with Crippen molar-refractivity contribution in [3.05, 3.63) is 29.3 Å². The summed E-state index contributed by atoms with van der Waals surface area (Å²) >= 11 is 1.93. The van der Waals surface area contributed by atoms with Crippen molar-refractivity contribution >= 4 is 11.8 Å². The van der Waals surface area contributed by atoms with E-state index in [1.807, 2.05) is 23.9 Å². The summed E-state index contributed by atoms with van der Waals surface area (Å²) in [5.74, 6) is 1.67. The van der Waals surface area contributed by atoms with E-state index in [4.69, 9.17) is 0 Å². The second kappa shape index (κ2) is 7.81. The lowest BCUT2D eigenvalue weighted by atomic mass is 9.87. The molecule has 2 rings (SSSR count). The van der Waals surface area contributed by atoms with Crippen molar-refractivity contribution in [3.8, 4) is 5.75 Å². The van der Waals surface area contributed by atoms with Gasteiger partial charge in [-0.1, -0.05) is 12.5 Å². The van der Waals surface area contributed by atoms with Gasteiger partial charge in [-0.3, -0.25) is 0 Å². The maximum absolute atomic E-state index is 9.64. The van der Waals surface area contributed by atoms with Gasteiger partial charge in [-0.05, 0) is 73.9 Å². The Balaban J connectivity index is 1.80. The molecule has 19 heavy (non-hydrogen) atoms. The third-order valence-corrected chi connectivity index (χ3v) is 4.56. The molecule has 0 spiro atoms. The van der Waals surface area contributed by atoms with Crippen LogP contribution < -0.4 is 5.32 Å². The molecule has 1 unspecified atom stereocenters. The van der Waals surface area contributed by atoms with Crippen LogP contribution >= 0.6 is 11.8 Å². The van der Waals surface area contributed by atoms with E-state index in [2.05, 4.69) is 17.6 Å². The number of phenolic OH excluding ortho intramolecular Hbond substituents is 1. The zero-order valence-corrected chi connectivity index (χ0v) is 12.6. The van der Waals surface area contributed by atoms with Gasteiger partial charge in [-0.25, -0.2) is 0 Å². The average molecular weight is 279 g/mol. The van der Waals surface area contributed by atoms with E-state index in [0.29, 0.717) is 11.8 Å². The van der Waals surface area contributed by atoms with E-state index in [1.54, 1.807) is 0 Å². The van der Waals surface area contributed by atoms with E-state index in [9.17, 15) is 5.11 Å². The molecule has 1 atom stereocenters. The Kier molecular flexibility index (Phi) is 6.05. The quantitative estimate of drug-likeness (QED) is 0.743. The molecule has 106 valence electrons. The molecule has 2 N–H and O–H groups in total. The summed E-state index contributed by atoms with van der Waals surface area (Å²) < 4.78 is 0. The van der Waals surface area contributed by atoms with Crippen molar-refractivity contribution in [2.75, 3.05) is 18.6 Å². The SMILES string of the molecule is CSCCCCCNC1CCCc2ccc(O)cc21. The number of unbranched alkanes of at least 4 members (excludes halogenated alkanes) is 2. The maximum Gasteiger partial charge on any atom is 0.115 e. The van der Waals surface area contributed by atoms with Crippen LogP contribution in [0.25, 0.3) is 0 Å². The van der Waals surface area contributed by atoms with Gasteiger partial charge in [0.15, 0.2) is 0 Å². The monoisotopic (exact) mass is 279 g/mol. The zero-order chi connectivity index (χ0) is 13.5. The first-order valence-electron chi connectivity index (χ1n) is 7.35. The molecule has 0 fully saturated rings. The number of rotatable bonds is 7. The van der Waals surface area contributed by atoms with Gasteiger partial charge in [-0.2, -0.15) is 11.8 Å². The molecule has 0 radical (unpaired) electrons. The third-order valence-electron chi connectivity index (χ3n) is 3.86. The molecule has 0 bridgehead atoms. The van der Waals surface area contributed by atoms with Crippen molar-refractivity contribution < 1.29 is 5.11 Å². The average Bonchev–Trinajstić information content (AvgIpc) is 2.43. The first kappa shape index (κ1) is 14.7. The minimum absolute atomic E-state index is 0.396. The number of hydrogen-bond donors (Lipinski definition) is 2. The molecule has 0 amide bonds. The Bertz CT molecular complexity index is 394. The number of hydrogen-bond acceptors (Lipinski definition) is 3. The van der Waals surface area contributed by atoms with Crippen LogP contribution in [0.1, 0.15) is 49.3 Å². The number of phenols is 1. The fourth-order valence-corrected chi connectivity index (χ4v) is 3.32. The fourth-order valence-electron chi connectivity index (χ4n) is 2.82. The predicted octanol–water partition coefficient (Wildman–Crippen LogP) is 3.89. The summed E-state index contributed by atoms with van der Waals surface area (Å²) in [4.78, 5) is 0. The highest BCUT2D eigenvalue weighted by Crippen LogP contribution is 2.32. The predicted molar refractivity (Wildman–Crippen MR) is 84.0 cm³/mol. The maximum atomic E-state index is 9.64. The first-order valence-corrected chi connectivity index (χ1v) is 8.75. The molecule has 0 saturated heterocycles. The number of benzene rings is 1. The molecule has 1 aliphatic carbocycles. The normalized spacial score (nSPS) is 18.3. The number of aromatic hydroxyl groups is 1. The molecule has 1 aliphatic rings. The third kappa shape index (κ3) is 4.43. The molecular weight excluding hydrogens is 254 g/mol. The van der Waals surface area contributed by atoms with Crippen LogP contribution in [0.2, 0.25) is 0 Å². The van der Waals surface area contributed by atoms with E-state index >= 15 is 0 Å². The lowest BCUT2D eigenvalue weighted by molar-refractivity contribution is 0.441. The lowest BCUT2D eigenvalue weighted by Gasteiger charge is -2.26. The van der Waals surface area contributed by atoms with Crippen molar-refractivity contribution in [1.29, 1.82) is 0 Å². The minimum Gasteiger partial charge on any atom is -0.508 e. The molecule has 0 aliphatic heterocycles. The number of nitrogens with one attached hydrogen (secondary N) is 1. The standard InChI is InChI=1S/C16H25NOS/c1-19-11-4-2-3-10-17-16-7-5-6-13-8-9-14(18)12-15(13)16/h8-9,12,16-18H,2-7,10-11H2,1H3. The van der Waals surface area contributed by atoms with Crippen LogP contribution in [0.15, 0.2) is 18.2 Å². The smallest absolute Gasteiger partial charge is 0.115 e. The number of thioether (sulfide) groups is 1. The largest absolute Gasteiger partial charge is 0.508 e. The highest BCUT2D eigenvalue weighted by molar-refractivity contribution is 7.98. The van der Waals surface area contributed by atoms with Crippen LogP contribution in [0.5, 0.6) is 5.75 Å². The van der Waals surface area contributed by atoms with E-state index < -0.39 is 0 Å². The van der Waals surface area contributed by atoms with Crippen LogP contribution in [0.3, 0.4) is 0 Å². The molecule has 2 nitrogen and oxygen atoms in total. The van der Waals surface area contributed by atoms with E-state index in [0.717, 1.165) is 13.0 Å². The van der Waals surface area contributed by atoms with Crippen molar-refractivity contribution in [2.24, 2.45) is 0 Å². The van der Waals surface area contributed by atoms with Gasteiger partial charge in [0.25, 0.3) is 0 Å². The molecule has 1 aromatic carbocycles. The Morgan fingerprint density at radius 1 is 1.32 bits per heavy atom. The molecular formula is C16H25NOS. The highest BCUT2D eigenvalue weighted by atomic mass is 32.2. The molecule has 0 heterocycles. The Labute approximate surface area is 121 Å². The van der Waals surface area contributed by atoms with Gasteiger partial charge in [0.05, 0.1) is 0 Å². The molecule has 1 aromatic rings. The van der Waals surface area contributed by atoms with Gasteiger partial charge < -0.3 is 10.4 Å². The summed E-state index contributed by atoms with van der Waals surface area (Å²) in [5.41, 5.74) is 2.72. The van der Waals surface area contributed by atoms with Gasteiger partial charge in [0, 0.05) is 6.04 Å². The summed E-state index contributed by atoms with van der Waals surface area (Å²) in [6.07, 6.45) is 9.66. The van der Waals surface area contributed by atoms with Crippen molar-refractivity contribution in [3.63, 3.8) is 0 Å². The van der Waals surface area contributed by atoms with Crippen LogP contribution in [-0.4, -0.2) is 23.7 Å². The summed E-state index contributed by atoms with van der Waals surface area (Å²) in [7, 11) is 0. The molecule has 0 saturated carbocycles. The van der Waals surface area contributed by atoms with Crippen molar-refractivity contribution in [2.45, 2.75) is 44.6 Å². The van der Waals surface area contributed by atoms with Crippen LogP contribution in [0, 0.1) is 0 Å². The second-order valence-electron chi connectivity index (χ2n) is 5.34. The Hall–Kier alpha value is -0.670. The summed E-state index contributed by atoms with van der Waals surface area (Å²) in [5, 5.41) is 13.3. The van der Waals surface area contributed by atoms with Crippen molar-refractivity contribution in [1.82, 2.24) is 5.32 Å².